The summed E-state index contributed by atoms with van der Waals surface area (Å²) in [5.74, 6) is 3.05. The summed E-state index contributed by atoms with van der Waals surface area (Å²) in [7, 11) is 1.50. The molecule has 0 unspecified atom stereocenters. The van der Waals surface area contributed by atoms with E-state index in [0.29, 0.717) is 22.4 Å². The number of halogens is 3. The Morgan fingerprint density at radius 2 is 1.70 bits per heavy atom. The molecule has 0 aliphatic carbocycles. The quantitative estimate of drug-likeness (QED) is 0.740. The lowest BCUT2D eigenvalue weighted by Gasteiger charge is -2.11. The molecule has 0 atom stereocenters. The molecule has 0 bridgehead atoms. The summed E-state index contributed by atoms with van der Waals surface area (Å²) >= 11 is 0. The van der Waals surface area contributed by atoms with Crippen LogP contribution in [-0.2, 0) is 6.18 Å². The first-order valence-corrected chi connectivity index (χ1v) is 5.78. The molecule has 1 nitrogen and oxygen atoms in total. The predicted octanol–water partition coefficient (Wildman–Crippen LogP) is 4.36. The van der Waals surface area contributed by atoms with Crippen molar-refractivity contribution < 1.29 is 17.9 Å². The van der Waals surface area contributed by atoms with E-state index in [1.54, 1.807) is 18.2 Å². The highest BCUT2D eigenvalue weighted by Crippen LogP contribution is 2.34. The Morgan fingerprint density at radius 1 is 1.05 bits per heavy atom. The second-order valence-electron chi connectivity index (χ2n) is 4.13. The highest BCUT2D eigenvalue weighted by Gasteiger charge is 2.30. The number of methoxy groups -OCH3 is 1. The van der Waals surface area contributed by atoms with Crippen LogP contribution in [0.2, 0.25) is 0 Å². The first-order chi connectivity index (χ1) is 9.45. The Morgan fingerprint density at radius 3 is 2.20 bits per heavy atom. The lowest BCUT2D eigenvalue weighted by Crippen LogP contribution is -2.04. The SMILES string of the molecule is C#Cc1ccc(OC)c(-c2ccc(C(F)(F)F)cc2)c1. The average Bonchev–Trinajstić information content (AvgIpc) is 2.45. The lowest BCUT2D eigenvalue weighted by molar-refractivity contribution is -0.137. The van der Waals surface area contributed by atoms with Gasteiger partial charge in [0.1, 0.15) is 5.75 Å². The molecule has 102 valence electrons. The number of hydrogen-bond acceptors (Lipinski definition) is 1. The summed E-state index contributed by atoms with van der Waals surface area (Å²) in [6.07, 6.45) is 0.986. The summed E-state index contributed by atoms with van der Waals surface area (Å²) in [4.78, 5) is 0. The van der Waals surface area contributed by atoms with Gasteiger partial charge in [-0.15, -0.1) is 6.42 Å². The van der Waals surface area contributed by atoms with Crippen molar-refractivity contribution in [1.82, 2.24) is 0 Å². The molecule has 4 heteroatoms. The normalized spacial score (nSPS) is 10.9. The van der Waals surface area contributed by atoms with E-state index >= 15 is 0 Å². The fourth-order valence-electron chi connectivity index (χ4n) is 1.86. The summed E-state index contributed by atoms with van der Waals surface area (Å²) in [6.45, 7) is 0. The van der Waals surface area contributed by atoms with Gasteiger partial charge in [0.05, 0.1) is 12.7 Å². The number of rotatable bonds is 2. The van der Waals surface area contributed by atoms with Crippen molar-refractivity contribution in [3.63, 3.8) is 0 Å². The maximum Gasteiger partial charge on any atom is 0.416 e. The van der Waals surface area contributed by atoms with E-state index in [9.17, 15) is 13.2 Å². The second kappa shape index (κ2) is 5.30. The van der Waals surface area contributed by atoms with Crippen LogP contribution in [0.4, 0.5) is 13.2 Å². The molecule has 0 aliphatic rings. The molecule has 0 N–H and O–H groups in total. The van der Waals surface area contributed by atoms with Crippen molar-refractivity contribution in [3.05, 3.63) is 53.6 Å². The van der Waals surface area contributed by atoms with Crippen molar-refractivity contribution >= 4 is 0 Å². The average molecular weight is 276 g/mol. The second-order valence-corrected chi connectivity index (χ2v) is 4.13. The topological polar surface area (TPSA) is 9.23 Å². The van der Waals surface area contributed by atoms with Gasteiger partial charge in [-0.1, -0.05) is 18.1 Å². The van der Waals surface area contributed by atoms with Gasteiger partial charge in [-0.05, 0) is 35.9 Å². The highest BCUT2D eigenvalue weighted by atomic mass is 19.4. The summed E-state index contributed by atoms with van der Waals surface area (Å²) in [5.41, 5.74) is 1.23. The van der Waals surface area contributed by atoms with Crippen molar-refractivity contribution in [2.75, 3.05) is 7.11 Å². The first kappa shape index (κ1) is 14.0. The summed E-state index contributed by atoms with van der Waals surface area (Å²) < 4.78 is 42.8. The Labute approximate surface area is 115 Å². The van der Waals surface area contributed by atoms with Crippen LogP contribution in [0.5, 0.6) is 5.75 Å². The van der Waals surface area contributed by atoms with Crippen LogP contribution >= 0.6 is 0 Å². The molecule has 0 radical (unpaired) electrons. The highest BCUT2D eigenvalue weighted by molar-refractivity contribution is 5.72. The van der Waals surface area contributed by atoms with Crippen LogP contribution in [0.15, 0.2) is 42.5 Å². The number of terminal acetylenes is 1. The van der Waals surface area contributed by atoms with E-state index in [2.05, 4.69) is 5.92 Å². The molecule has 2 aromatic rings. The van der Waals surface area contributed by atoms with Gasteiger partial charge in [0.25, 0.3) is 0 Å². The molecule has 2 rings (SSSR count). The molecule has 0 aliphatic heterocycles. The van der Waals surface area contributed by atoms with E-state index in [1.807, 2.05) is 0 Å². The Kier molecular flexibility index (Phi) is 3.71. The maximum absolute atomic E-state index is 12.5. The fraction of sp³-hybridized carbons (Fsp3) is 0.125. The monoisotopic (exact) mass is 276 g/mol. The number of ether oxygens (including phenoxy) is 1. The Balaban J connectivity index is 2.49. The minimum Gasteiger partial charge on any atom is -0.496 e. The predicted molar refractivity (Wildman–Crippen MR) is 71.4 cm³/mol. The third-order valence-corrected chi connectivity index (χ3v) is 2.89. The van der Waals surface area contributed by atoms with Crippen LogP contribution in [0.3, 0.4) is 0 Å². The van der Waals surface area contributed by atoms with Gasteiger partial charge in [-0.25, -0.2) is 0 Å². The summed E-state index contributed by atoms with van der Waals surface area (Å²) in [5, 5.41) is 0. The molecule has 0 saturated carbocycles. The van der Waals surface area contributed by atoms with Gasteiger partial charge in [0.15, 0.2) is 0 Å². The standard InChI is InChI=1S/C16H11F3O/c1-3-11-4-9-15(20-2)14(10-11)12-5-7-13(8-6-12)16(17,18)19/h1,4-10H,2H3. The number of benzene rings is 2. The smallest absolute Gasteiger partial charge is 0.416 e. The molecule has 0 heterocycles. The van der Waals surface area contributed by atoms with Gasteiger partial charge in [0, 0.05) is 11.1 Å². The zero-order valence-electron chi connectivity index (χ0n) is 10.7. The largest absolute Gasteiger partial charge is 0.496 e. The van der Waals surface area contributed by atoms with E-state index in [4.69, 9.17) is 11.2 Å². The van der Waals surface area contributed by atoms with Gasteiger partial charge >= 0.3 is 6.18 Å². The molecule has 20 heavy (non-hydrogen) atoms. The van der Waals surface area contributed by atoms with Crippen molar-refractivity contribution in [2.24, 2.45) is 0 Å². The molecule has 0 fully saturated rings. The zero-order chi connectivity index (χ0) is 14.8. The van der Waals surface area contributed by atoms with Crippen LogP contribution in [0, 0.1) is 12.3 Å². The van der Waals surface area contributed by atoms with E-state index < -0.39 is 11.7 Å². The number of hydrogen-bond donors (Lipinski definition) is 0. The van der Waals surface area contributed by atoms with Crippen molar-refractivity contribution in [1.29, 1.82) is 0 Å². The minimum absolute atomic E-state index is 0.559. The van der Waals surface area contributed by atoms with E-state index in [-0.39, 0.29) is 0 Å². The molecule has 2 aromatic carbocycles. The van der Waals surface area contributed by atoms with Crippen LogP contribution in [0.1, 0.15) is 11.1 Å². The minimum atomic E-state index is -4.34. The van der Waals surface area contributed by atoms with Crippen LogP contribution < -0.4 is 4.74 Å². The van der Waals surface area contributed by atoms with Gasteiger partial charge in [0.2, 0.25) is 0 Å². The van der Waals surface area contributed by atoms with Gasteiger partial charge in [-0.3, -0.25) is 0 Å². The van der Waals surface area contributed by atoms with Crippen molar-refractivity contribution in [2.45, 2.75) is 6.18 Å². The van der Waals surface area contributed by atoms with Gasteiger partial charge < -0.3 is 4.74 Å². The lowest BCUT2D eigenvalue weighted by atomic mass is 10.0. The van der Waals surface area contributed by atoms with E-state index in [0.717, 1.165) is 12.1 Å². The molecule has 0 spiro atoms. The fourth-order valence-corrected chi connectivity index (χ4v) is 1.86. The number of alkyl halides is 3. The Hall–Kier alpha value is -2.41. The third kappa shape index (κ3) is 2.77. The van der Waals surface area contributed by atoms with Crippen LogP contribution in [-0.4, -0.2) is 7.11 Å². The zero-order valence-corrected chi connectivity index (χ0v) is 10.7. The third-order valence-electron chi connectivity index (χ3n) is 2.89. The molecular weight excluding hydrogens is 265 g/mol. The molecular formula is C16H11F3O. The summed E-state index contributed by atoms with van der Waals surface area (Å²) in [6, 6.07) is 10.0. The maximum atomic E-state index is 12.5. The first-order valence-electron chi connectivity index (χ1n) is 5.78. The van der Waals surface area contributed by atoms with Crippen LogP contribution in [0.25, 0.3) is 11.1 Å². The molecule has 0 amide bonds. The molecule has 0 saturated heterocycles. The van der Waals surface area contributed by atoms with Crippen molar-refractivity contribution in [3.8, 4) is 29.2 Å². The Bertz CT molecular complexity index is 649. The molecule has 0 aromatic heterocycles. The van der Waals surface area contributed by atoms with E-state index in [1.165, 1.54) is 19.2 Å². The van der Waals surface area contributed by atoms with Gasteiger partial charge in [-0.2, -0.15) is 13.2 Å².